The van der Waals surface area contributed by atoms with Crippen molar-refractivity contribution in [2.24, 2.45) is 5.84 Å². The van der Waals surface area contributed by atoms with Crippen LogP contribution < -0.4 is 16.6 Å². The van der Waals surface area contributed by atoms with Crippen molar-refractivity contribution in [1.29, 1.82) is 0 Å². The van der Waals surface area contributed by atoms with Crippen LogP contribution in [0.25, 0.3) is 5.95 Å². The van der Waals surface area contributed by atoms with E-state index in [1.807, 2.05) is 0 Å². The third kappa shape index (κ3) is 3.43. The van der Waals surface area contributed by atoms with Crippen LogP contribution in [0, 0.1) is 0 Å². The number of hydrogen-bond acceptors (Lipinski definition) is 8. The van der Waals surface area contributed by atoms with Gasteiger partial charge in [-0.05, 0) is 12.8 Å². The van der Waals surface area contributed by atoms with Crippen LogP contribution >= 0.6 is 0 Å². The van der Waals surface area contributed by atoms with Crippen molar-refractivity contribution in [3.05, 3.63) is 12.7 Å². The lowest BCUT2D eigenvalue weighted by Crippen LogP contribution is -2.22. The Labute approximate surface area is 122 Å². The minimum absolute atomic E-state index is 0.298. The van der Waals surface area contributed by atoms with Gasteiger partial charge < -0.3 is 5.32 Å². The minimum Gasteiger partial charge on any atom is -0.351 e. The van der Waals surface area contributed by atoms with E-state index in [1.54, 1.807) is 0 Å². The number of nitrogens with one attached hydrogen (secondary N) is 2. The maximum absolute atomic E-state index is 5.42. The molecule has 0 bridgehead atoms. The van der Waals surface area contributed by atoms with Gasteiger partial charge in [-0.25, -0.2) is 10.8 Å². The lowest BCUT2D eigenvalue weighted by atomic mass is 10.1. The average Bonchev–Trinajstić information content (AvgIpc) is 2.93. The fraction of sp³-hybridized carbons (Fsp3) is 0.583. The Morgan fingerprint density at radius 1 is 1.05 bits per heavy atom. The first-order valence-electron chi connectivity index (χ1n) is 7.19. The molecule has 0 unspecified atom stereocenters. The fourth-order valence-corrected chi connectivity index (χ4v) is 2.51. The number of hydrogen-bond donors (Lipinski definition) is 3. The maximum Gasteiger partial charge on any atom is 0.258 e. The van der Waals surface area contributed by atoms with Crippen LogP contribution in [0.4, 0.5) is 11.9 Å². The Hall–Kier alpha value is -2.29. The first-order chi connectivity index (χ1) is 10.3. The number of nitrogens with two attached hydrogens (primary N) is 1. The number of anilines is 2. The monoisotopic (exact) mass is 289 g/mol. The summed E-state index contributed by atoms with van der Waals surface area (Å²) in [5, 5.41) is 7.40. The fourth-order valence-electron chi connectivity index (χ4n) is 2.51. The molecule has 2 aromatic heterocycles. The van der Waals surface area contributed by atoms with Crippen molar-refractivity contribution in [3.63, 3.8) is 0 Å². The Morgan fingerprint density at radius 3 is 2.48 bits per heavy atom. The molecular weight excluding hydrogens is 270 g/mol. The van der Waals surface area contributed by atoms with Gasteiger partial charge in [0.25, 0.3) is 5.95 Å². The van der Waals surface area contributed by atoms with Gasteiger partial charge in [0.2, 0.25) is 11.9 Å². The third-order valence-electron chi connectivity index (χ3n) is 3.56. The van der Waals surface area contributed by atoms with Gasteiger partial charge in [-0.1, -0.05) is 25.7 Å². The van der Waals surface area contributed by atoms with Gasteiger partial charge >= 0.3 is 0 Å². The molecule has 0 aliphatic heterocycles. The number of nitrogens with zero attached hydrogens (tertiary/aromatic N) is 6. The van der Waals surface area contributed by atoms with Crippen LogP contribution in [0.15, 0.2) is 12.7 Å². The van der Waals surface area contributed by atoms with Crippen molar-refractivity contribution in [2.45, 2.75) is 44.6 Å². The predicted octanol–water partition coefficient (Wildman–Crippen LogP) is 0.873. The molecule has 21 heavy (non-hydrogen) atoms. The topological polar surface area (TPSA) is 119 Å². The smallest absolute Gasteiger partial charge is 0.258 e. The Bertz CT molecular complexity index is 560. The Balaban J connectivity index is 1.82. The summed E-state index contributed by atoms with van der Waals surface area (Å²) in [6.07, 6.45) is 10.3. The molecule has 1 saturated carbocycles. The van der Waals surface area contributed by atoms with Crippen LogP contribution in [0.3, 0.4) is 0 Å². The van der Waals surface area contributed by atoms with Gasteiger partial charge in [0, 0.05) is 6.04 Å². The molecule has 1 aliphatic carbocycles. The standard InChI is InChI=1S/C12H19N9/c13-20-11-17-10(16-9-5-3-1-2-4-6-9)18-12(19-11)21-8-14-7-15-21/h7-9H,1-6,13H2,(H2,16,17,18,19,20). The number of aromatic nitrogens is 6. The van der Waals surface area contributed by atoms with Crippen molar-refractivity contribution in [2.75, 3.05) is 10.7 Å². The summed E-state index contributed by atoms with van der Waals surface area (Å²) in [5.41, 5.74) is 2.46. The molecule has 4 N–H and O–H groups in total. The normalized spacial score (nSPS) is 16.4. The Morgan fingerprint density at radius 2 is 1.81 bits per heavy atom. The molecule has 3 rings (SSSR count). The number of nitrogen functional groups attached to an aromatic ring is 1. The summed E-state index contributed by atoms with van der Waals surface area (Å²) < 4.78 is 1.47. The summed E-state index contributed by atoms with van der Waals surface area (Å²) in [5.74, 6) is 6.61. The van der Waals surface area contributed by atoms with E-state index in [4.69, 9.17) is 5.84 Å². The summed E-state index contributed by atoms with van der Waals surface area (Å²) in [7, 11) is 0. The molecule has 112 valence electrons. The second-order valence-corrected chi connectivity index (χ2v) is 5.10. The van der Waals surface area contributed by atoms with E-state index < -0.39 is 0 Å². The lowest BCUT2D eigenvalue weighted by Gasteiger charge is -2.16. The van der Waals surface area contributed by atoms with E-state index >= 15 is 0 Å². The molecule has 0 saturated heterocycles. The van der Waals surface area contributed by atoms with Gasteiger partial charge in [-0.3, -0.25) is 5.43 Å². The van der Waals surface area contributed by atoms with E-state index in [2.05, 4.69) is 35.8 Å². The van der Waals surface area contributed by atoms with Crippen molar-refractivity contribution >= 4 is 11.9 Å². The second kappa shape index (κ2) is 6.44. The zero-order valence-corrected chi connectivity index (χ0v) is 11.7. The number of hydrazine groups is 1. The molecule has 2 heterocycles. The van der Waals surface area contributed by atoms with E-state index in [0.29, 0.717) is 23.9 Å². The first kappa shape index (κ1) is 13.7. The van der Waals surface area contributed by atoms with Crippen LogP contribution in [0.1, 0.15) is 38.5 Å². The maximum atomic E-state index is 5.42. The molecule has 0 atom stereocenters. The Kier molecular flexibility index (Phi) is 4.20. The van der Waals surface area contributed by atoms with Gasteiger partial charge in [0.15, 0.2) is 0 Å². The first-order valence-corrected chi connectivity index (χ1v) is 7.19. The van der Waals surface area contributed by atoms with Gasteiger partial charge in [-0.2, -0.15) is 24.7 Å². The van der Waals surface area contributed by atoms with Gasteiger partial charge in [-0.15, -0.1) is 0 Å². The summed E-state index contributed by atoms with van der Waals surface area (Å²) in [6, 6.07) is 0.393. The SMILES string of the molecule is NNc1nc(NC2CCCCCC2)nc(-n2cncn2)n1. The van der Waals surface area contributed by atoms with Gasteiger partial charge in [0.1, 0.15) is 12.7 Å². The van der Waals surface area contributed by atoms with Crippen molar-refractivity contribution in [1.82, 2.24) is 29.7 Å². The number of rotatable bonds is 4. The highest BCUT2D eigenvalue weighted by Gasteiger charge is 2.15. The molecular formula is C12H19N9. The molecule has 0 radical (unpaired) electrons. The molecule has 0 aromatic carbocycles. The zero-order valence-electron chi connectivity index (χ0n) is 11.7. The highest BCUT2D eigenvalue weighted by Crippen LogP contribution is 2.20. The highest BCUT2D eigenvalue weighted by atomic mass is 15.4. The molecule has 0 amide bonds. The molecule has 2 aromatic rings. The van der Waals surface area contributed by atoms with Crippen LogP contribution in [-0.2, 0) is 0 Å². The van der Waals surface area contributed by atoms with Crippen LogP contribution in [0.2, 0.25) is 0 Å². The van der Waals surface area contributed by atoms with E-state index in [-0.39, 0.29) is 0 Å². The average molecular weight is 289 g/mol. The second-order valence-electron chi connectivity index (χ2n) is 5.10. The molecule has 1 fully saturated rings. The zero-order chi connectivity index (χ0) is 14.5. The minimum atomic E-state index is 0.298. The van der Waals surface area contributed by atoms with Crippen LogP contribution in [0.5, 0.6) is 0 Å². The molecule has 9 nitrogen and oxygen atoms in total. The summed E-state index contributed by atoms with van der Waals surface area (Å²) in [6.45, 7) is 0. The van der Waals surface area contributed by atoms with E-state index in [0.717, 1.165) is 12.8 Å². The van der Waals surface area contributed by atoms with Crippen LogP contribution in [-0.4, -0.2) is 35.8 Å². The lowest BCUT2D eigenvalue weighted by molar-refractivity contribution is 0.613. The van der Waals surface area contributed by atoms with Crippen molar-refractivity contribution < 1.29 is 0 Å². The van der Waals surface area contributed by atoms with E-state index in [9.17, 15) is 0 Å². The van der Waals surface area contributed by atoms with Crippen molar-refractivity contribution in [3.8, 4) is 5.95 Å². The van der Waals surface area contributed by atoms with E-state index in [1.165, 1.54) is 43.0 Å². The quantitative estimate of drug-likeness (QED) is 0.431. The summed E-state index contributed by atoms with van der Waals surface area (Å²) in [4.78, 5) is 16.7. The largest absolute Gasteiger partial charge is 0.351 e. The summed E-state index contributed by atoms with van der Waals surface area (Å²) >= 11 is 0. The predicted molar refractivity (Wildman–Crippen MR) is 77.7 cm³/mol. The molecule has 9 heteroatoms. The molecule has 0 spiro atoms. The van der Waals surface area contributed by atoms with Gasteiger partial charge in [0.05, 0.1) is 0 Å². The molecule has 1 aliphatic rings. The highest BCUT2D eigenvalue weighted by molar-refractivity contribution is 5.37. The third-order valence-corrected chi connectivity index (χ3v) is 3.56.